The zero-order chi connectivity index (χ0) is 10.0. The van der Waals surface area contributed by atoms with Gasteiger partial charge in [-0.15, -0.1) is 0 Å². The number of anilines is 1. The summed E-state index contributed by atoms with van der Waals surface area (Å²) in [4.78, 5) is 9.42. The monoisotopic (exact) mass is 188 g/mol. The summed E-state index contributed by atoms with van der Waals surface area (Å²) in [6.45, 7) is 0. The molecule has 6 heteroatoms. The first-order valence-corrected chi connectivity index (χ1v) is 3.34. The summed E-state index contributed by atoms with van der Waals surface area (Å²) in [5, 5.41) is 10.3. The van der Waals surface area contributed by atoms with Crippen molar-refractivity contribution in [2.24, 2.45) is 0 Å². The van der Waals surface area contributed by atoms with Crippen LogP contribution in [0.15, 0.2) is 18.2 Å². The quantitative estimate of drug-likeness (QED) is 0.439. The van der Waals surface area contributed by atoms with Gasteiger partial charge in [-0.25, -0.2) is 8.78 Å². The molecule has 0 unspecified atom stereocenters. The third kappa shape index (κ3) is 1.90. The van der Waals surface area contributed by atoms with Crippen LogP contribution in [-0.4, -0.2) is 4.92 Å². The molecule has 1 aromatic carbocycles. The smallest absolute Gasteiger partial charge is 0.280 e. The van der Waals surface area contributed by atoms with Gasteiger partial charge in [0.25, 0.3) is 12.1 Å². The molecule has 0 heterocycles. The first kappa shape index (κ1) is 9.37. The third-order valence-electron chi connectivity index (χ3n) is 1.49. The van der Waals surface area contributed by atoms with Crippen molar-refractivity contribution in [3.63, 3.8) is 0 Å². The second-order valence-corrected chi connectivity index (χ2v) is 2.38. The van der Waals surface area contributed by atoms with Gasteiger partial charge in [0.2, 0.25) is 0 Å². The van der Waals surface area contributed by atoms with E-state index in [9.17, 15) is 18.9 Å². The SMILES string of the molecule is Nc1ccc(C(F)F)c([N+](=O)[O-])c1. The number of rotatable bonds is 2. The first-order chi connectivity index (χ1) is 6.02. The molecule has 0 aliphatic carbocycles. The van der Waals surface area contributed by atoms with Crippen molar-refractivity contribution >= 4 is 11.4 Å². The lowest BCUT2D eigenvalue weighted by Gasteiger charge is -2.01. The lowest BCUT2D eigenvalue weighted by atomic mass is 10.1. The van der Waals surface area contributed by atoms with Crippen molar-refractivity contribution < 1.29 is 13.7 Å². The molecule has 13 heavy (non-hydrogen) atoms. The molecule has 0 bridgehead atoms. The van der Waals surface area contributed by atoms with Gasteiger partial charge in [-0.2, -0.15) is 0 Å². The van der Waals surface area contributed by atoms with Gasteiger partial charge in [0.15, 0.2) is 0 Å². The summed E-state index contributed by atoms with van der Waals surface area (Å²) in [5.41, 5.74) is 4.05. The summed E-state index contributed by atoms with van der Waals surface area (Å²) in [5.74, 6) is 0. The molecule has 0 aliphatic rings. The van der Waals surface area contributed by atoms with Crippen LogP contribution < -0.4 is 5.73 Å². The fourth-order valence-electron chi connectivity index (χ4n) is 0.903. The van der Waals surface area contributed by atoms with Gasteiger partial charge in [-0.1, -0.05) is 0 Å². The lowest BCUT2D eigenvalue weighted by Crippen LogP contribution is -1.97. The van der Waals surface area contributed by atoms with Crippen LogP contribution in [0.3, 0.4) is 0 Å². The zero-order valence-electron chi connectivity index (χ0n) is 6.41. The van der Waals surface area contributed by atoms with E-state index in [0.717, 1.165) is 12.1 Å². The summed E-state index contributed by atoms with van der Waals surface area (Å²) in [7, 11) is 0. The maximum absolute atomic E-state index is 12.2. The number of nitrogens with two attached hydrogens (primary N) is 1. The number of alkyl halides is 2. The van der Waals surface area contributed by atoms with Gasteiger partial charge in [0.1, 0.15) is 0 Å². The van der Waals surface area contributed by atoms with E-state index in [2.05, 4.69) is 0 Å². The minimum Gasteiger partial charge on any atom is -0.399 e. The number of benzene rings is 1. The predicted molar refractivity (Wildman–Crippen MR) is 42.5 cm³/mol. The second kappa shape index (κ2) is 3.34. The molecule has 70 valence electrons. The maximum atomic E-state index is 12.2. The molecule has 1 rings (SSSR count). The molecule has 0 saturated carbocycles. The van der Waals surface area contributed by atoms with Crippen LogP contribution in [0.5, 0.6) is 0 Å². The Balaban J connectivity index is 3.27. The molecule has 0 aromatic heterocycles. The molecule has 0 amide bonds. The second-order valence-electron chi connectivity index (χ2n) is 2.38. The van der Waals surface area contributed by atoms with E-state index in [1.165, 1.54) is 6.07 Å². The third-order valence-corrected chi connectivity index (χ3v) is 1.49. The summed E-state index contributed by atoms with van der Waals surface area (Å²) in [6.07, 6.45) is -2.86. The minimum atomic E-state index is -2.86. The van der Waals surface area contributed by atoms with Crippen molar-refractivity contribution in [3.05, 3.63) is 33.9 Å². The minimum absolute atomic E-state index is 0.0936. The molecule has 0 radical (unpaired) electrons. The van der Waals surface area contributed by atoms with Crippen LogP contribution >= 0.6 is 0 Å². The van der Waals surface area contributed by atoms with Gasteiger partial charge in [-0.3, -0.25) is 10.1 Å². The highest BCUT2D eigenvalue weighted by molar-refractivity contribution is 5.52. The van der Waals surface area contributed by atoms with E-state index in [-0.39, 0.29) is 5.69 Å². The lowest BCUT2D eigenvalue weighted by molar-refractivity contribution is -0.386. The van der Waals surface area contributed by atoms with E-state index in [1.807, 2.05) is 0 Å². The first-order valence-electron chi connectivity index (χ1n) is 3.34. The largest absolute Gasteiger partial charge is 0.399 e. The highest BCUT2D eigenvalue weighted by Gasteiger charge is 2.20. The van der Waals surface area contributed by atoms with Crippen molar-refractivity contribution in [2.45, 2.75) is 6.43 Å². The van der Waals surface area contributed by atoms with Crippen LogP contribution in [0.1, 0.15) is 12.0 Å². The Labute approximate surface area is 72.1 Å². The molecule has 2 N–H and O–H groups in total. The van der Waals surface area contributed by atoms with E-state index >= 15 is 0 Å². The van der Waals surface area contributed by atoms with E-state index < -0.39 is 22.6 Å². The molecular formula is C7H6F2N2O2. The fourth-order valence-corrected chi connectivity index (χ4v) is 0.903. The predicted octanol–water partition coefficient (Wildman–Crippen LogP) is 2.11. The summed E-state index contributed by atoms with van der Waals surface area (Å²) in [6, 6.07) is 3.08. The van der Waals surface area contributed by atoms with Crippen LogP contribution in [0, 0.1) is 10.1 Å². The Morgan fingerprint density at radius 2 is 2.08 bits per heavy atom. The number of nitro benzene ring substituents is 1. The van der Waals surface area contributed by atoms with Gasteiger partial charge >= 0.3 is 0 Å². The molecule has 0 fully saturated rings. The van der Waals surface area contributed by atoms with Gasteiger partial charge in [0, 0.05) is 11.8 Å². The molecule has 4 nitrogen and oxygen atoms in total. The summed E-state index contributed by atoms with van der Waals surface area (Å²) < 4.78 is 24.3. The Kier molecular flexibility index (Phi) is 2.41. The molecule has 1 aromatic rings. The van der Waals surface area contributed by atoms with E-state index in [1.54, 1.807) is 0 Å². The Hall–Kier alpha value is -1.72. The Morgan fingerprint density at radius 1 is 1.46 bits per heavy atom. The summed E-state index contributed by atoms with van der Waals surface area (Å²) >= 11 is 0. The number of hydrogen-bond donors (Lipinski definition) is 1. The van der Waals surface area contributed by atoms with Crippen LogP contribution in [0.2, 0.25) is 0 Å². The van der Waals surface area contributed by atoms with E-state index in [4.69, 9.17) is 5.73 Å². The van der Waals surface area contributed by atoms with Crippen molar-refractivity contribution in [1.82, 2.24) is 0 Å². The van der Waals surface area contributed by atoms with Crippen LogP contribution in [0.25, 0.3) is 0 Å². The van der Waals surface area contributed by atoms with Crippen molar-refractivity contribution in [3.8, 4) is 0 Å². The highest BCUT2D eigenvalue weighted by Crippen LogP contribution is 2.29. The fraction of sp³-hybridized carbons (Fsp3) is 0.143. The Morgan fingerprint density at radius 3 is 2.54 bits per heavy atom. The molecule has 0 aliphatic heterocycles. The van der Waals surface area contributed by atoms with Gasteiger partial charge < -0.3 is 5.73 Å². The number of nitro groups is 1. The molecule has 0 saturated heterocycles. The molecule has 0 atom stereocenters. The standard InChI is InChI=1S/C7H6F2N2O2/c8-7(9)5-2-1-4(10)3-6(5)11(12)13/h1-3,7H,10H2. The van der Waals surface area contributed by atoms with Crippen LogP contribution in [0.4, 0.5) is 20.2 Å². The molecule has 0 spiro atoms. The number of nitrogen functional groups attached to an aromatic ring is 1. The van der Waals surface area contributed by atoms with Crippen molar-refractivity contribution in [2.75, 3.05) is 5.73 Å². The van der Waals surface area contributed by atoms with Gasteiger partial charge in [-0.05, 0) is 12.1 Å². The normalized spacial score (nSPS) is 10.4. The average Bonchev–Trinajstić information content (AvgIpc) is 2.03. The van der Waals surface area contributed by atoms with Gasteiger partial charge in [0.05, 0.1) is 10.5 Å². The number of nitrogens with zero attached hydrogens (tertiary/aromatic N) is 1. The maximum Gasteiger partial charge on any atom is 0.280 e. The van der Waals surface area contributed by atoms with E-state index in [0.29, 0.717) is 0 Å². The zero-order valence-corrected chi connectivity index (χ0v) is 6.41. The molecular weight excluding hydrogens is 182 g/mol. The van der Waals surface area contributed by atoms with Crippen LogP contribution in [-0.2, 0) is 0 Å². The topological polar surface area (TPSA) is 69.2 Å². The number of halogens is 2. The van der Waals surface area contributed by atoms with Crippen molar-refractivity contribution in [1.29, 1.82) is 0 Å². The Bertz CT molecular complexity index is 341. The average molecular weight is 188 g/mol. The highest BCUT2D eigenvalue weighted by atomic mass is 19.3. The number of hydrogen-bond acceptors (Lipinski definition) is 3.